The van der Waals surface area contributed by atoms with Crippen LogP contribution in [-0.2, 0) is 0 Å². The summed E-state index contributed by atoms with van der Waals surface area (Å²) in [7, 11) is 0. The van der Waals surface area contributed by atoms with Gasteiger partial charge in [0.1, 0.15) is 10.7 Å². The third-order valence-corrected chi connectivity index (χ3v) is 4.23. The fourth-order valence-electron chi connectivity index (χ4n) is 1.52. The van der Waals surface area contributed by atoms with Crippen molar-refractivity contribution in [3.8, 4) is 0 Å². The topological polar surface area (TPSA) is 80.0 Å². The van der Waals surface area contributed by atoms with Crippen molar-refractivity contribution < 1.29 is 4.79 Å². The molecule has 0 bridgehead atoms. The largest absolute Gasteiger partial charge is 0.382 e. The molecule has 0 aliphatic carbocycles. The molecule has 4 N–H and O–H groups in total. The van der Waals surface area contributed by atoms with Gasteiger partial charge in [0.25, 0.3) is 5.91 Å². The number of nitrogen functional groups attached to an aromatic ring is 1. The first-order valence-corrected chi connectivity index (χ1v) is 8.06. The molecule has 2 aromatic rings. The number of aromatic nitrogens is 1. The quantitative estimate of drug-likeness (QED) is 0.670. The van der Waals surface area contributed by atoms with Crippen LogP contribution < -0.4 is 16.4 Å². The molecule has 106 valence electrons. The molecule has 0 radical (unpaired) electrons. The van der Waals surface area contributed by atoms with Crippen LogP contribution in [0.25, 0.3) is 0 Å². The summed E-state index contributed by atoms with van der Waals surface area (Å²) in [6.45, 7) is 2.87. The van der Waals surface area contributed by atoms with Crippen molar-refractivity contribution in [3.63, 3.8) is 0 Å². The van der Waals surface area contributed by atoms with Crippen LogP contribution in [0.5, 0.6) is 0 Å². The third-order valence-electron chi connectivity index (χ3n) is 2.49. The number of benzene rings is 1. The zero-order valence-electron chi connectivity index (χ0n) is 10.9. The van der Waals surface area contributed by atoms with Crippen LogP contribution in [-0.4, -0.2) is 17.4 Å². The maximum atomic E-state index is 12.2. The second-order valence-electron chi connectivity index (χ2n) is 4.12. The normalized spacial score (nSPS) is 10.3. The van der Waals surface area contributed by atoms with Gasteiger partial charge in [-0.25, -0.2) is 4.98 Å². The van der Waals surface area contributed by atoms with E-state index in [1.807, 2.05) is 24.3 Å². The number of nitrogens with two attached hydrogens (primary N) is 1. The van der Waals surface area contributed by atoms with Crippen LogP contribution in [0.1, 0.15) is 23.0 Å². The molecule has 20 heavy (non-hydrogen) atoms. The minimum absolute atomic E-state index is 0.231. The first kappa shape index (κ1) is 15.0. The lowest BCUT2D eigenvalue weighted by Gasteiger charge is -2.03. The highest BCUT2D eigenvalue weighted by Gasteiger charge is 2.16. The van der Waals surface area contributed by atoms with Gasteiger partial charge in [0.2, 0.25) is 0 Å². The summed E-state index contributed by atoms with van der Waals surface area (Å²) >= 11 is 3.48. The van der Waals surface area contributed by atoms with Crippen LogP contribution in [0, 0.1) is 3.57 Å². The number of nitrogens with zero attached hydrogens (tertiary/aromatic N) is 1. The van der Waals surface area contributed by atoms with Crippen LogP contribution in [0.3, 0.4) is 0 Å². The Bertz CT molecular complexity index is 597. The Balaban J connectivity index is 2.08. The lowest BCUT2D eigenvalue weighted by molar-refractivity contribution is 0.103. The molecule has 1 heterocycles. The summed E-state index contributed by atoms with van der Waals surface area (Å²) in [6, 6.07) is 7.57. The molecule has 1 aromatic heterocycles. The van der Waals surface area contributed by atoms with Crippen molar-refractivity contribution in [1.82, 2.24) is 4.98 Å². The molecule has 0 aliphatic rings. The first-order chi connectivity index (χ1) is 9.60. The van der Waals surface area contributed by atoms with E-state index < -0.39 is 0 Å². The highest BCUT2D eigenvalue weighted by Crippen LogP contribution is 2.26. The molecular weight excluding hydrogens is 387 g/mol. The number of hydrogen-bond acceptors (Lipinski definition) is 5. The number of carbonyl (C=O) groups excluding carboxylic acids is 1. The molecule has 0 fully saturated rings. The molecule has 0 atom stereocenters. The highest BCUT2D eigenvalue weighted by molar-refractivity contribution is 14.1. The minimum Gasteiger partial charge on any atom is -0.382 e. The van der Waals surface area contributed by atoms with E-state index >= 15 is 0 Å². The van der Waals surface area contributed by atoms with Gasteiger partial charge in [0.05, 0.1) is 0 Å². The summed E-state index contributed by atoms with van der Waals surface area (Å²) in [5.74, 6) is 0.0300. The number of amides is 1. The van der Waals surface area contributed by atoms with Crippen LogP contribution in [0.4, 0.5) is 16.6 Å². The number of halogens is 1. The SMILES string of the molecule is CCCNc1nc(N)c(C(=O)Nc2ccc(I)cc2)s1. The number of carbonyl (C=O) groups is 1. The third kappa shape index (κ3) is 3.83. The van der Waals surface area contributed by atoms with Gasteiger partial charge in [-0.1, -0.05) is 18.3 Å². The Morgan fingerprint density at radius 3 is 2.75 bits per heavy atom. The summed E-state index contributed by atoms with van der Waals surface area (Å²) < 4.78 is 1.11. The molecule has 0 aliphatic heterocycles. The monoisotopic (exact) mass is 402 g/mol. The predicted octanol–water partition coefficient (Wildman–Crippen LogP) is 3.40. The summed E-state index contributed by atoms with van der Waals surface area (Å²) in [4.78, 5) is 16.7. The standard InChI is InChI=1S/C13H15IN4OS/c1-2-7-16-13-18-11(15)10(20-13)12(19)17-9-5-3-8(14)4-6-9/h3-6H,2,7,15H2,1H3,(H,16,18)(H,17,19). The fourth-order valence-corrected chi connectivity index (χ4v) is 2.69. The van der Waals surface area contributed by atoms with Crippen LogP contribution in [0.15, 0.2) is 24.3 Å². The van der Waals surface area contributed by atoms with E-state index in [9.17, 15) is 4.79 Å². The van der Waals surface area contributed by atoms with Crippen molar-refractivity contribution >= 4 is 56.5 Å². The van der Waals surface area contributed by atoms with Gasteiger partial charge >= 0.3 is 0 Å². The van der Waals surface area contributed by atoms with Crippen molar-refractivity contribution in [2.24, 2.45) is 0 Å². The summed E-state index contributed by atoms with van der Waals surface area (Å²) in [5, 5.41) is 6.62. The average molecular weight is 402 g/mol. The van der Waals surface area contributed by atoms with Gasteiger partial charge in [-0.2, -0.15) is 0 Å². The smallest absolute Gasteiger partial charge is 0.269 e. The second-order valence-corrected chi connectivity index (χ2v) is 6.37. The Morgan fingerprint density at radius 1 is 1.40 bits per heavy atom. The Kier molecular flexibility index (Phi) is 5.18. The second kappa shape index (κ2) is 6.89. The first-order valence-electron chi connectivity index (χ1n) is 6.17. The van der Waals surface area contributed by atoms with E-state index in [4.69, 9.17) is 5.73 Å². The van der Waals surface area contributed by atoms with Gasteiger partial charge < -0.3 is 16.4 Å². The number of thiazole rings is 1. The summed E-state index contributed by atoms with van der Waals surface area (Å²) in [5.41, 5.74) is 6.53. The van der Waals surface area contributed by atoms with Crippen molar-refractivity contribution in [3.05, 3.63) is 32.7 Å². The molecule has 0 spiro atoms. The Hall–Kier alpha value is -1.35. The van der Waals surface area contributed by atoms with Crippen molar-refractivity contribution in [2.75, 3.05) is 22.9 Å². The molecule has 0 saturated carbocycles. The van der Waals surface area contributed by atoms with Gasteiger partial charge in [-0.15, -0.1) is 0 Å². The fraction of sp³-hybridized carbons (Fsp3) is 0.231. The zero-order valence-corrected chi connectivity index (χ0v) is 13.9. The molecule has 1 amide bonds. The molecular formula is C13H15IN4OS. The number of rotatable bonds is 5. The molecule has 1 aromatic carbocycles. The van der Waals surface area contributed by atoms with Crippen LogP contribution in [0.2, 0.25) is 0 Å². The van der Waals surface area contributed by atoms with E-state index in [1.54, 1.807) is 0 Å². The maximum Gasteiger partial charge on any atom is 0.269 e. The molecule has 0 saturated heterocycles. The van der Waals surface area contributed by atoms with Crippen molar-refractivity contribution in [1.29, 1.82) is 0 Å². The van der Waals surface area contributed by atoms with Crippen LogP contribution >= 0.6 is 33.9 Å². The molecule has 7 heteroatoms. The molecule has 0 unspecified atom stereocenters. The highest BCUT2D eigenvalue weighted by atomic mass is 127. The van der Waals surface area contributed by atoms with Gasteiger partial charge in [0.15, 0.2) is 5.13 Å². The van der Waals surface area contributed by atoms with E-state index in [-0.39, 0.29) is 11.7 Å². The van der Waals surface area contributed by atoms with Gasteiger partial charge in [-0.05, 0) is 53.3 Å². The van der Waals surface area contributed by atoms with E-state index in [1.165, 1.54) is 11.3 Å². The number of nitrogens with one attached hydrogen (secondary N) is 2. The summed E-state index contributed by atoms with van der Waals surface area (Å²) in [6.07, 6.45) is 0.990. The van der Waals surface area contributed by atoms with E-state index in [0.717, 1.165) is 22.2 Å². The molecule has 2 rings (SSSR count). The minimum atomic E-state index is -0.231. The average Bonchev–Trinajstić information content (AvgIpc) is 2.80. The number of anilines is 3. The van der Waals surface area contributed by atoms with Gasteiger partial charge in [0, 0.05) is 15.8 Å². The lowest BCUT2D eigenvalue weighted by Crippen LogP contribution is -2.12. The Morgan fingerprint density at radius 2 is 2.10 bits per heavy atom. The van der Waals surface area contributed by atoms with Gasteiger partial charge in [-0.3, -0.25) is 4.79 Å². The molecule has 5 nitrogen and oxygen atoms in total. The maximum absolute atomic E-state index is 12.2. The lowest BCUT2D eigenvalue weighted by atomic mass is 10.3. The van der Waals surface area contributed by atoms with E-state index in [2.05, 4.69) is 45.1 Å². The van der Waals surface area contributed by atoms with E-state index in [0.29, 0.717) is 10.0 Å². The number of hydrogen-bond donors (Lipinski definition) is 3. The Labute approximate surface area is 135 Å². The van der Waals surface area contributed by atoms with Crippen molar-refractivity contribution in [2.45, 2.75) is 13.3 Å². The predicted molar refractivity (Wildman–Crippen MR) is 92.4 cm³/mol. The zero-order chi connectivity index (χ0) is 14.5.